The molecule has 140 valence electrons. The molecule has 0 heterocycles. The Morgan fingerprint density at radius 3 is 2.62 bits per heavy atom. The van der Waals surface area contributed by atoms with E-state index in [2.05, 4.69) is 10.9 Å². The van der Waals surface area contributed by atoms with Crippen LogP contribution < -0.4 is 20.3 Å². The summed E-state index contributed by atoms with van der Waals surface area (Å²) in [5, 5.41) is 0. The molecule has 0 aliphatic rings. The van der Waals surface area contributed by atoms with Gasteiger partial charge in [0.25, 0.3) is 0 Å². The standard InChI is InChI=1S/C20H26N2O4/c1-3-25-20(23)10-7-13-26-19-14-16(11-12-18(19)24-2)15-21-22-17-8-5-4-6-9-17/h4-6,8-9,11-12,14,21-22H,3,7,10,13,15H2,1-2H3. The molecular weight excluding hydrogens is 332 g/mol. The van der Waals surface area contributed by atoms with E-state index in [1.807, 2.05) is 48.5 Å². The Bertz CT molecular complexity index is 677. The first-order valence-corrected chi connectivity index (χ1v) is 8.72. The number of hydrogen-bond donors (Lipinski definition) is 2. The van der Waals surface area contributed by atoms with Gasteiger partial charge in [0.05, 0.1) is 20.3 Å². The van der Waals surface area contributed by atoms with Gasteiger partial charge in [0, 0.05) is 18.7 Å². The largest absolute Gasteiger partial charge is 0.493 e. The van der Waals surface area contributed by atoms with Gasteiger partial charge in [-0.15, -0.1) is 0 Å². The molecule has 6 heteroatoms. The minimum atomic E-state index is -0.201. The second kappa shape index (κ2) is 11.0. The molecule has 0 aliphatic carbocycles. The van der Waals surface area contributed by atoms with Gasteiger partial charge in [0.2, 0.25) is 0 Å². The normalized spacial score (nSPS) is 10.2. The summed E-state index contributed by atoms with van der Waals surface area (Å²) in [5.41, 5.74) is 8.36. The Hall–Kier alpha value is -2.73. The van der Waals surface area contributed by atoms with Gasteiger partial charge in [-0.3, -0.25) is 4.79 Å². The van der Waals surface area contributed by atoms with Crippen molar-refractivity contribution in [1.29, 1.82) is 0 Å². The van der Waals surface area contributed by atoms with E-state index in [1.54, 1.807) is 14.0 Å². The van der Waals surface area contributed by atoms with E-state index in [4.69, 9.17) is 14.2 Å². The number of benzene rings is 2. The lowest BCUT2D eigenvalue weighted by molar-refractivity contribution is -0.143. The first-order chi connectivity index (χ1) is 12.7. The average molecular weight is 358 g/mol. The second-order valence-electron chi connectivity index (χ2n) is 5.59. The van der Waals surface area contributed by atoms with Gasteiger partial charge in [-0.25, -0.2) is 5.43 Å². The number of nitrogens with one attached hydrogen (secondary N) is 2. The van der Waals surface area contributed by atoms with Crippen molar-refractivity contribution < 1.29 is 19.0 Å². The lowest BCUT2D eigenvalue weighted by Crippen LogP contribution is -2.20. The van der Waals surface area contributed by atoms with Crippen molar-refractivity contribution in [2.24, 2.45) is 0 Å². The Balaban J connectivity index is 1.83. The maximum Gasteiger partial charge on any atom is 0.305 e. The van der Waals surface area contributed by atoms with Crippen LogP contribution in [-0.4, -0.2) is 26.3 Å². The molecule has 0 bridgehead atoms. The molecule has 0 saturated heterocycles. The van der Waals surface area contributed by atoms with Crippen LogP contribution in [0, 0.1) is 0 Å². The number of para-hydroxylation sites is 1. The monoisotopic (exact) mass is 358 g/mol. The summed E-state index contributed by atoms with van der Waals surface area (Å²) >= 11 is 0. The number of anilines is 1. The van der Waals surface area contributed by atoms with Crippen molar-refractivity contribution in [1.82, 2.24) is 5.43 Å². The third-order valence-electron chi connectivity index (χ3n) is 3.62. The molecule has 2 N–H and O–H groups in total. The van der Waals surface area contributed by atoms with Crippen LogP contribution in [0.2, 0.25) is 0 Å². The van der Waals surface area contributed by atoms with Gasteiger partial charge in [-0.2, -0.15) is 0 Å². The van der Waals surface area contributed by atoms with Gasteiger partial charge < -0.3 is 19.6 Å². The first kappa shape index (κ1) is 19.6. The molecule has 0 atom stereocenters. The highest BCUT2D eigenvalue weighted by molar-refractivity contribution is 5.69. The Morgan fingerprint density at radius 1 is 1.08 bits per heavy atom. The van der Waals surface area contributed by atoms with Crippen LogP contribution in [0.1, 0.15) is 25.3 Å². The van der Waals surface area contributed by atoms with E-state index < -0.39 is 0 Å². The summed E-state index contributed by atoms with van der Waals surface area (Å²) in [7, 11) is 1.61. The Kier molecular flexibility index (Phi) is 8.29. The Morgan fingerprint density at radius 2 is 1.88 bits per heavy atom. The molecule has 0 amide bonds. The fraction of sp³-hybridized carbons (Fsp3) is 0.350. The molecule has 0 unspecified atom stereocenters. The third-order valence-corrected chi connectivity index (χ3v) is 3.62. The van der Waals surface area contributed by atoms with E-state index in [1.165, 1.54) is 0 Å². The third kappa shape index (κ3) is 6.64. The number of hydrazine groups is 1. The topological polar surface area (TPSA) is 68.8 Å². The lowest BCUT2D eigenvalue weighted by atomic mass is 10.2. The Labute approximate surface area is 154 Å². The van der Waals surface area contributed by atoms with E-state index in [9.17, 15) is 4.79 Å². The highest BCUT2D eigenvalue weighted by Crippen LogP contribution is 2.28. The lowest BCUT2D eigenvalue weighted by Gasteiger charge is -2.13. The first-order valence-electron chi connectivity index (χ1n) is 8.72. The van der Waals surface area contributed by atoms with Crippen LogP contribution in [-0.2, 0) is 16.1 Å². The summed E-state index contributed by atoms with van der Waals surface area (Å²) < 4.78 is 16.0. The van der Waals surface area contributed by atoms with Crippen LogP contribution in [0.3, 0.4) is 0 Å². The zero-order valence-corrected chi connectivity index (χ0v) is 15.3. The summed E-state index contributed by atoms with van der Waals surface area (Å²) in [4.78, 5) is 11.3. The average Bonchev–Trinajstić information content (AvgIpc) is 2.66. The van der Waals surface area contributed by atoms with Crippen molar-refractivity contribution in [3.63, 3.8) is 0 Å². The molecule has 0 aromatic heterocycles. The minimum Gasteiger partial charge on any atom is -0.493 e. The van der Waals surface area contributed by atoms with Crippen LogP contribution >= 0.6 is 0 Å². The summed E-state index contributed by atoms with van der Waals surface area (Å²) in [6.45, 7) is 3.25. The summed E-state index contributed by atoms with van der Waals surface area (Å²) in [5.74, 6) is 1.13. The smallest absolute Gasteiger partial charge is 0.305 e. The van der Waals surface area contributed by atoms with Crippen LogP contribution in [0.25, 0.3) is 0 Å². The van der Waals surface area contributed by atoms with Gasteiger partial charge in [-0.1, -0.05) is 24.3 Å². The highest BCUT2D eigenvalue weighted by Gasteiger charge is 2.07. The van der Waals surface area contributed by atoms with Crippen molar-refractivity contribution in [3.8, 4) is 11.5 Å². The minimum absolute atomic E-state index is 0.201. The van der Waals surface area contributed by atoms with Crippen LogP contribution in [0.5, 0.6) is 11.5 Å². The molecule has 2 rings (SSSR count). The molecule has 0 fully saturated rings. The molecule has 0 aliphatic heterocycles. The molecule has 0 spiro atoms. The van der Waals surface area contributed by atoms with E-state index in [0.717, 1.165) is 11.3 Å². The molecule has 0 radical (unpaired) electrons. The maximum atomic E-state index is 11.3. The highest BCUT2D eigenvalue weighted by atomic mass is 16.5. The molecular formula is C20H26N2O4. The second-order valence-corrected chi connectivity index (χ2v) is 5.59. The van der Waals surface area contributed by atoms with Gasteiger partial charge in [-0.05, 0) is 43.2 Å². The fourth-order valence-electron chi connectivity index (χ4n) is 2.35. The molecule has 6 nitrogen and oxygen atoms in total. The van der Waals surface area contributed by atoms with Crippen molar-refractivity contribution in [2.75, 3.05) is 25.7 Å². The number of carbonyl (C=O) groups is 1. The predicted molar refractivity (Wildman–Crippen MR) is 101 cm³/mol. The predicted octanol–water partition coefficient (Wildman–Crippen LogP) is 3.53. The van der Waals surface area contributed by atoms with Crippen LogP contribution in [0.4, 0.5) is 5.69 Å². The maximum absolute atomic E-state index is 11.3. The number of carbonyl (C=O) groups excluding carboxylic acids is 1. The number of esters is 1. The number of ether oxygens (including phenoxy) is 3. The van der Waals surface area contributed by atoms with Crippen molar-refractivity contribution in [3.05, 3.63) is 54.1 Å². The fourth-order valence-corrected chi connectivity index (χ4v) is 2.35. The molecule has 0 saturated carbocycles. The van der Waals surface area contributed by atoms with Gasteiger partial charge >= 0.3 is 5.97 Å². The van der Waals surface area contributed by atoms with Crippen molar-refractivity contribution in [2.45, 2.75) is 26.3 Å². The van der Waals surface area contributed by atoms with E-state index in [-0.39, 0.29) is 5.97 Å². The zero-order chi connectivity index (χ0) is 18.6. The van der Waals surface area contributed by atoms with Crippen LogP contribution in [0.15, 0.2) is 48.5 Å². The van der Waals surface area contributed by atoms with Gasteiger partial charge in [0.1, 0.15) is 0 Å². The van der Waals surface area contributed by atoms with Gasteiger partial charge in [0.15, 0.2) is 11.5 Å². The van der Waals surface area contributed by atoms with E-state index >= 15 is 0 Å². The molecule has 26 heavy (non-hydrogen) atoms. The number of rotatable bonds is 11. The molecule has 2 aromatic carbocycles. The SMILES string of the molecule is CCOC(=O)CCCOc1cc(CNNc2ccccc2)ccc1OC. The summed E-state index contributed by atoms with van der Waals surface area (Å²) in [6.07, 6.45) is 0.943. The zero-order valence-electron chi connectivity index (χ0n) is 15.3. The summed E-state index contributed by atoms with van der Waals surface area (Å²) in [6, 6.07) is 15.7. The van der Waals surface area contributed by atoms with E-state index in [0.29, 0.717) is 44.1 Å². The number of hydrogen-bond acceptors (Lipinski definition) is 6. The molecule has 2 aromatic rings. The number of methoxy groups -OCH3 is 1. The quantitative estimate of drug-likeness (QED) is 0.364. The van der Waals surface area contributed by atoms with Crippen molar-refractivity contribution >= 4 is 11.7 Å².